The normalized spacial score (nSPS) is 18.0. The third-order valence-electron chi connectivity index (χ3n) is 3.05. The van der Waals surface area contributed by atoms with Gasteiger partial charge in [0.2, 0.25) is 5.95 Å². The van der Waals surface area contributed by atoms with Crippen LogP contribution in [0.3, 0.4) is 0 Å². The lowest BCUT2D eigenvalue weighted by Crippen LogP contribution is -2.47. The highest BCUT2D eigenvalue weighted by molar-refractivity contribution is 7.71. The molecule has 6 heteroatoms. The molecule has 1 fully saturated rings. The van der Waals surface area contributed by atoms with Crippen LogP contribution in [0.15, 0.2) is 0 Å². The monoisotopic (exact) mass is 241 g/mol. The maximum atomic E-state index is 5.12. The number of aromatic amines is 1. The Bertz CT molecular complexity index is 388. The van der Waals surface area contributed by atoms with Crippen molar-refractivity contribution in [2.75, 3.05) is 37.6 Å². The molecule has 1 aromatic heterocycles. The van der Waals surface area contributed by atoms with Gasteiger partial charge in [-0.25, -0.2) is 5.10 Å². The predicted molar refractivity (Wildman–Crippen MR) is 67.3 cm³/mol. The fourth-order valence-corrected chi connectivity index (χ4v) is 2.24. The first-order valence-electron chi connectivity index (χ1n) is 5.81. The first-order valence-corrected chi connectivity index (χ1v) is 6.22. The van der Waals surface area contributed by atoms with E-state index >= 15 is 0 Å². The van der Waals surface area contributed by atoms with Crippen molar-refractivity contribution in [1.29, 1.82) is 0 Å². The van der Waals surface area contributed by atoms with E-state index in [2.05, 4.69) is 26.9 Å². The third kappa shape index (κ3) is 2.27. The molecule has 5 nitrogen and oxygen atoms in total. The summed E-state index contributed by atoms with van der Waals surface area (Å²) in [5.41, 5.74) is 0. The molecule has 0 unspecified atom stereocenters. The Morgan fingerprint density at radius 2 is 2.00 bits per heavy atom. The number of hydrogen-bond donors (Lipinski definition) is 1. The van der Waals surface area contributed by atoms with Crippen molar-refractivity contribution < 1.29 is 0 Å². The molecule has 0 aliphatic carbocycles. The van der Waals surface area contributed by atoms with E-state index in [1.165, 1.54) is 13.0 Å². The molecular formula is C10H19N5S. The van der Waals surface area contributed by atoms with Crippen molar-refractivity contribution >= 4 is 18.2 Å². The summed E-state index contributed by atoms with van der Waals surface area (Å²) in [6, 6.07) is 0. The van der Waals surface area contributed by atoms with Gasteiger partial charge in [0.1, 0.15) is 0 Å². The maximum absolute atomic E-state index is 5.12. The highest BCUT2D eigenvalue weighted by Crippen LogP contribution is 2.12. The second-order valence-electron chi connectivity index (χ2n) is 4.22. The zero-order valence-corrected chi connectivity index (χ0v) is 10.8. The fourth-order valence-electron chi connectivity index (χ4n) is 2.11. The van der Waals surface area contributed by atoms with Gasteiger partial charge in [0.25, 0.3) is 0 Å². The minimum Gasteiger partial charge on any atom is -0.338 e. The second kappa shape index (κ2) is 4.97. The Labute approximate surface area is 101 Å². The van der Waals surface area contributed by atoms with Crippen LogP contribution in [-0.4, -0.2) is 52.4 Å². The van der Waals surface area contributed by atoms with Gasteiger partial charge in [0.05, 0.1) is 0 Å². The SMILES string of the molecule is CCCN1CCN(c2n[nH]c(=S)n2C)CC1. The molecule has 0 radical (unpaired) electrons. The van der Waals surface area contributed by atoms with Gasteiger partial charge < -0.3 is 4.90 Å². The van der Waals surface area contributed by atoms with Crippen LogP contribution in [0.5, 0.6) is 0 Å². The number of nitrogens with zero attached hydrogens (tertiary/aromatic N) is 4. The standard InChI is InChI=1S/C10H19N5S/c1-3-4-14-5-7-15(8-6-14)9-11-12-10(16)13(9)2/h3-8H2,1-2H3,(H,12,16). The number of nitrogens with one attached hydrogen (secondary N) is 1. The van der Waals surface area contributed by atoms with E-state index in [9.17, 15) is 0 Å². The van der Waals surface area contributed by atoms with Crippen LogP contribution in [0, 0.1) is 4.77 Å². The van der Waals surface area contributed by atoms with Crippen molar-refractivity contribution in [1.82, 2.24) is 19.7 Å². The smallest absolute Gasteiger partial charge is 0.225 e. The molecule has 1 aromatic rings. The molecule has 90 valence electrons. The minimum atomic E-state index is 0.686. The molecular weight excluding hydrogens is 222 g/mol. The van der Waals surface area contributed by atoms with Gasteiger partial charge >= 0.3 is 0 Å². The Kier molecular flexibility index (Phi) is 3.60. The summed E-state index contributed by atoms with van der Waals surface area (Å²) in [6.07, 6.45) is 1.23. The van der Waals surface area contributed by atoms with Gasteiger partial charge in [-0.3, -0.25) is 9.47 Å². The van der Waals surface area contributed by atoms with Crippen LogP contribution in [0.25, 0.3) is 0 Å². The Morgan fingerprint density at radius 3 is 2.50 bits per heavy atom. The average Bonchev–Trinajstić information content (AvgIpc) is 2.62. The molecule has 2 rings (SSSR count). The Morgan fingerprint density at radius 1 is 1.31 bits per heavy atom. The second-order valence-corrected chi connectivity index (χ2v) is 4.60. The number of hydrogen-bond acceptors (Lipinski definition) is 4. The lowest BCUT2D eigenvalue weighted by Gasteiger charge is -2.34. The molecule has 0 spiro atoms. The number of rotatable bonds is 3. The summed E-state index contributed by atoms with van der Waals surface area (Å²) >= 11 is 5.12. The van der Waals surface area contributed by atoms with Crippen molar-refractivity contribution in [3.05, 3.63) is 4.77 Å². The zero-order valence-electron chi connectivity index (χ0n) is 9.94. The third-order valence-corrected chi connectivity index (χ3v) is 3.42. The lowest BCUT2D eigenvalue weighted by molar-refractivity contribution is 0.257. The predicted octanol–water partition coefficient (Wildman–Crippen LogP) is 1.01. The van der Waals surface area contributed by atoms with Crippen LogP contribution in [0.4, 0.5) is 5.95 Å². The summed E-state index contributed by atoms with van der Waals surface area (Å²) < 4.78 is 2.62. The summed E-state index contributed by atoms with van der Waals surface area (Å²) in [4.78, 5) is 4.79. The summed E-state index contributed by atoms with van der Waals surface area (Å²) in [6.45, 7) is 7.73. The van der Waals surface area contributed by atoms with E-state index in [1.807, 2.05) is 11.6 Å². The average molecular weight is 241 g/mol. The molecule has 1 saturated heterocycles. The summed E-state index contributed by atoms with van der Waals surface area (Å²) in [7, 11) is 1.96. The zero-order chi connectivity index (χ0) is 11.5. The molecule has 1 aliphatic heterocycles. The fraction of sp³-hybridized carbons (Fsp3) is 0.800. The van der Waals surface area contributed by atoms with Crippen molar-refractivity contribution in [3.63, 3.8) is 0 Å². The molecule has 0 atom stereocenters. The summed E-state index contributed by atoms with van der Waals surface area (Å²) in [5, 5.41) is 7.09. The van der Waals surface area contributed by atoms with E-state index in [0.29, 0.717) is 4.77 Å². The van der Waals surface area contributed by atoms with E-state index in [0.717, 1.165) is 32.1 Å². The largest absolute Gasteiger partial charge is 0.338 e. The van der Waals surface area contributed by atoms with Gasteiger partial charge in [-0.15, -0.1) is 5.10 Å². The van der Waals surface area contributed by atoms with E-state index in [-0.39, 0.29) is 0 Å². The number of anilines is 1. The van der Waals surface area contributed by atoms with E-state index in [1.54, 1.807) is 0 Å². The first kappa shape index (κ1) is 11.6. The van der Waals surface area contributed by atoms with Gasteiger partial charge in [0.15, 0.2) is 4.77 Å². The molecule has 0 amide bonds. The Balaban J connectivity index is 1.99. The highest BCUT2D eigenvalue weighted by Gasteiger charge is 2.19. The number of H-pyrrole nitrogens is 1. The van der Waals surface area contributed by atoms with Crippen LogP contribution in [-0.2, 0) is 7.05 Å². The maximum Gasteiger partial charge on any atom is 0.225 e. The number of piperazine rings is 1. The van der Waals surface area contributed by atoms with E-state index < -0.39 is 0 Å². The quantitative estimate of drug-likeness (QED) is 0.802. The van der Waals surface area contributed by atoms with Gasteiger partial charge in [-0.1, -0.05) is 6.92 Å². The topological polar surface area (TPSA) is 40.1 Å². The highest BCUT2D eigenvalue weighted by atomic mass is 32.1. The van der Waals surface area contributed by atoms with Gasteiger partial charge in [0, 0.05) is 33.2 Å². The lowest BCUT2D eigenvalue weighted by atomic mass is 10.3. The van der Waals surface area contributed by atoms with Crippen molar-refractivity contribution in [2.24, 2.45) is 7.05 Å². The number of aromatic nitrogens is 3. The van der Waals surface area contributed by atoms with Crippen LogP contribution < -0.4 is 4.90 Å². The van der Waals surface area contributed by atoms with E-state index in [4.69, 9.17) is 12.2 Å². The van der Waals surface area contributed by atoms with Crippen molar-refractivity contribution in [3.8, 4) is 0 Å². The molecule has 0 aromatic carbocycles. The molecule has 0 bridgehead atoms. The van der Waals surface area contributed by atoms with Gasteiger partial charge in [-0.05, 0) is 25.2 Å². The molecule has 1 aliphatic rings. The molecule has 2 heterocycles. The minimum absolute atomic E-state index is 0.686. The van der Waals surface area contributed by atoms with Gasteiger partial charge in [-0.2, -0.15) is 0 Å². The molecule has 16 heavy (non-hydrogen) atoms. The Hall–Kier alpha value is -0.880. The van der Waals surface area contributed by atoms with Crippen LogP contribution in [0.2, 0.25) is 0 Å². The molecule has 0 saturated carbocycles. The summed E-state index contributed by atoms with van der Waals surface area (Å²) in [5.74, 6) is 0.959. The van der Waals surface area contributed by atoms with Crippen LogP contribution in [0.1, 0.15) is 13.3 Å². The molecule has 1 N–H and O–H groups in total. The first-order chi connectivity index (χ1) is 7.72. The van der Waals surface area contributed by atoms with Crippen molar-refractivity contribution in [2.45, 2.75) is 13.3 Å². The van der Waals surface area contributed by atoms with Crippen LogP contribution >= 0.6 is 12.2 Å².